The Morgan fingerprint density at radius 2 is 1.53 bits per heavy atom. The SMILES string of the molecule is CC(=N)C1CCC(Cc2cccnc2CCCc2ccccc2CCOC(=O)c2ccccc2)CC1. The summed E-state index contributed by atoms with van der Waals surface area (Å²) in [5, 5.41) is 7.93. The fourth-order valence-electron chi connectivity index (χ4n) is 5.40. The van der Waals surface area contributed by atoms with Crippen molar-refractivity contribution in [1.82, 2.24) is 4.98 Å². The van der Waals surface area contributed by atoms with E-state index in [0.29, 0.717) is 24.0 Å². The van der Waals surface area contributed by atoms with Crippen LogP contribution >= 0.6 is 0 Å². The fourth-order valence-corrected chi connectivity index (χ4v) is 5.40. The maximum absolute atomic E-state index is 12.2. The van der Waals surface area contributed by atoms with Crippen LogP contribution in [0.5, 0.6) is 0 Å². The third-order valence-corrected chi connectivity index (χ3v) is 7.54. The standard InChI is InChI=1S/C32H38N2O2/c1-24(33)26-18-16-25(17-19-26)23-30-14-8-21-34-31(30)15-7-13-27-9-5-6-10-28(27)20-22-36-32(35)29-11-3-2-4-12-29/h2-6,8-12,14,21,25-26,33H,7,13,15-20,22-23H2,1H3. The summed E-state index contributed by atoms with van der Waals surface area (Å²) in [6, 6.07) is 22.0. The minimum Gasteiger partial charge on any atom is -0.462 e. The second-order valence-electron chi connectivity index (χ2n) is 10.1. The zero-order chi connectivity index (χ0) is 25.2. The highest BCUT2D eigenvalue weighted by atomic mass is 16.5. The molecule has 1 heterocycles. The van der Waals surface area contributed by atoms with Crippen molar-refractivity contribution in [3.05, 3.63) is 101 Å². The molecule has 1 aromatic heterocycles. The molecule has 4 nitrogen and oxygen atoms in total. The van der Waals surface area contributed by atoms with Gasteiger partial charge in [0.2, 0.25) is 0 Å². The number of hydrogen-bond donors (Lipinski definition) is 1. The maximum atomic E-state index is 12.2. The summed E-state index contributed by atoms with van der Waals surface area (Å²) in [6.45, 7) is 2.34. The Morgan fingerprint density at radius 3 is 2.25 bits per heavy atom. The summed E-state index contributed by atoms with van der Waals surface area (Å²) in [6.07, 6.45) is 11.5. The van der Waals surface area contributed by atoms with E-state index in [1.54, 1.807) is 12.1 Å². The van der Waals surface area contributed by atoms with Crippen LogP contribution < -0.4 is 0 Å². The number of aromatic nitrogens is 1. The van der Waals surface area contributed by atoms with Gasteiger partial charge in [-0.05, 0) is 105 Å². The van der Waals surface area contributed by atoms with Crippen LogP contribution in [0.25, 0.3) is 0 Å². The van der Waals surface area contributed by atoms with Crippen LogP contribution in [-0.4, -0.2) is 23.3 Å². The number of carbonyl (C=O) groups excluding carboxylic acids is 1. The third kappa shape index (κ3) is 7.36. The number of pyridine rings is 1. The van der Waals surface area contributed by atoms with Crippen LogP contribution in [0.3, 0.4) is 0 Å². The molecule has 0 spiro atoms. The van der Waals surface area contributed by atoms with Crippen LogP contribution in [0.15, 0.2) is 72.9 Å². The second-order valence-corrected chi connectivity index (χ2v) is 10.1. The monoisotopic (exact) mass is 482 g/mol. The first kappa shape index (κ1) is 25.8. The first-order valence-corrected chi connectivity index (χ1v) is 13.4. The number of esters is 1. The number of hydrogen-bond acceptors (Lipinski definition) is 4. The van der Waals surface area contributed by atoms with Crippen LogP contribution in [0.2, 0.25) is 0 Å². The highest BCUT2D eigenvalue weighted by molar-refractivity contribution is 5.89. The van der Waals surface area contributed by atoms with E-state index >= 15 is 0 Å². The molecule has 1 fully saturated rings. The quantitative estimate of drug-likeness (QED) is 0.235. The zero-order valence-corrected chi connectivity index (χ0v) is 21.4. The maximum Gasteiger partial charge on any atom is 0.338 e. The number of nitrogens with one attached hydrogen (secondary N) is 1. The number of rotatable bonds is 11. The average Bonchev–Trinajstić information content (AvgIpc) is 2.91. The van der Waals surface area contributed by atoms with Gasteiger partial charge in [-0.1, -0.05) is 48.5 Å². The number of ether oxygens (including phenoxy) is 1. The first-order chi connectivity index (χ1) is 17.6. The normalized spacial score (nSPS) is 17.5. The molecule has 0 amide bonds. The van der Waals surface area contributed by atoms with Crippen molar-refractivity contribution in [1.29, 1.82) is 5.41 Å². The average molecular weight is 483 g/mol. The molecule has 4 rings (SSSR count). The smallest absolute Gasteiger partial charge is 0.338 e. The van der Waals surface area contributed by atoms with E-state index in [2.05, 4.69) is 36.4 Å². The highest BCUT2D eigenvalue weighted by Crippen LogP contribution is 2.32. The molecule has 0 unspecified atom stereocenters. The largest absolute Gasteiger partial charge is 0.462 e. The minimum absolute atomic E-state index is 0.266. The number of benzene rings is 2. The van der Waals surface area contributed by atoms with E-state index in [1.165, 1.54) is 35.2 Å². The van der Waals surface area contributed by atoms with Gasteiger partial charge in [0.15, 0.2) is 0 Å². The molecule has 36 heavy (non-hydrogen) atoms. The Morgan fingerprint density at radius 1 is 0.861 bits per heavy atom. The van der Waals surface area contributed by atoms with E-state index in [4.69, 9.17) is 15.1 Å². The molecule has 4 heteroatoms. The van der Waals surface area contributed by atoms with Gasteiger partial charge in [0.25, 0.3) is 0 Å². The van der Waals surface area contributed by atoms with Crippen molar-refractivity contribution in [2.45, 2.75) is 64.7 Å². The van der Waals surface area contributed by atoms with Crippen molar-refractivity contribution in [2.24, 2.45) is 11.8 Å². The van der Waals surface area contributed by atoms with Gasteiger partial charge in [-0.15, -0.1) is 0 Å². The molecular weight excluding hydrogens is 444 g/mol. The Bertz CT molecular complexity index is 1130. The van der Waals surface area contributed by atoms with Gasteiger partial charge >= 0.3 is 5.97 Å². The van der Waals surface area contributed by atoms with E-state index in [9.17, 15) is 4.79 Å². The van der Waals surface area contributed by atoms with E-state index in [-0.39, 0.29) is 5.97 Å². The van der Waals surface area contributed by atoms with Crippen LogP contribution in [0.4, 0.5) is 0 Å². The van der Waals surface area contributed by atoms with Crippen molar-refractivity contribution in [3.63, 3.8) is 0 Å². The minimum atomic E-state index is -0.266. The molecule has 0 bridgehead atoms. The summed E-state index contributed by atoms with van der Waals surface area (Å²) in [5.41, 5.74) is 6.65. The third-order valence-electron chi connectivity index (χ3n) is 7.54. The van der Waals surface area contributed by atoms with Gasteiger partial charge in [0, 0.05) is 24.0 Å². The summed E-state index contributed by atoms with van der Waals surface area (Å²) >= 11 is 0. The molecule has 1 aliphatic carbocycles. The van der Waals surface area contributed by atoms with Crippen molar-refractivity contribution >= 4 is 11.7 Å². The van der Waals surface area contributed by atoms with Gasteiger partial charge in [0.05, 0.1) is 12.2 Å². The van der Waals surface area contributed by atoms with Crippen molar-refractivity contribution in [3.8, 4) is 0 Å². The molecular formula is C32H38N2O2. The Kier molecular flexibility index (Phi) is 9.43. The van der Waals surface area contributed by atoms with E-state index < -0.39 is 0 Å². The summed E-state index contributed by atoms with van der Waals surface area (Å²) < 4.78 is 5.51. The summed E-state index contributed by atoms with van der Waals surface area (Å²) in [4.78, 5) is 17.0. The molecule has 188 valence electrons. The van der Waals surface area contributed by atoms with Crippen molar-refractivity contribution < 1.29 is 9.53 Å². The fraction of sp³-hybridized carbons (Fsp3) is 0.406. The topological polar surface area (TPSA) is 63.0 Å². The molecule has 0 atom stereocenters. The predicted molar refractivity (Wildman–Crippen MR) is 146 cm³/mol. The zero-order valence-electron chi connectivity index (χ0n) is 21.4. The lowest BCUT2D eigenvalue weighted by Gasteiger charge is -2.28. The van der Waals surface area contributed by atoms with Gasteiger partial charge in [-0.2, -0.15) is 0 Å². The van der Waals surface area contributed by atoms with E-state index in [0.717, 1.165) is 50.7 Å². The molecule has 1 N–H and O–H groups in total. The van der Waals surface area contributed by atoms with Crippen LogP contribution in [0.1, 0.15) is 71.8 Å². The molecule has 0 aliphatic heterocycles. The molecule has 0 radical (unpaired) electrons. The molecule has 1 aliphatic rings. The highest BCUT2D eigenvalue weighted by Gasteiger charge is 2.23. The first-order valence-electron chi connectivity index (χ1n) is 13.4. The second kappa shape index (κ2) is 13.2. The Balaban J connectivity index is 1.27. The molecule has 1 saturated carbocycles. The number of nitrogens with zero attached hydrogens (tertiary/aromatic N) is 1. The van der Waals surface area contributed by atoms with Crippen LogP contribution in [-0.2, 0) is 30.4 Å². The van der Waals surface area contributed by atoms with Gasteiger partial charge in [-0.25, -0.2) is 4.79 Å². The lowest BCUT2D eigenvalue weighted by molar-refractivity contribution is 0.0509. The number of carbonyl (C=O) groups is 1. The molecule has 3 aromatic rings. The van der Waals surface area contributed by atoms with Crippen molar-refractivity contribution in [2.75, 3.05) is 6.61 Å². The van der Waals surface area contributed by atoms with Gasteiger partial charge in [0.1, 0.15) is 0 Å². The van der Waals surface area contributed by atoms with Gasteiger partial charge < -0.3 is 10.1 Å². The van der Waals surface area contributed by atoms with Crippen LogP contribution in [0, 0.1) is 17.2 Å². The van der Waals surface area contributed by atoms with Gasteiger partial charge in [-0.3, -0.25) is 4.98 Å². The molecule has 2 aromatic carbocycles. The molecule has 0 saturated heterocycles. The van der Waals surface area contributed by atoms with E-state index in [1.807, 2.05) is 31.3 Å². The predicted octanol–water partition coefficient (Wildman–Crippen LogP) is 7.04. The Labute approximate surface area is 215 Å². The lowest BCUT2D eigenvalue weighted by Crippen LogP contribution is -2.21. The number of aryl methyl sites for hydroxylation is 2. The lowest BCUT2D eigenvalue weighted by atomic mass is 9.77. The summed E-state index contributed by atoms with van der Waals surface area (Å²) in [5.74, 6) is 0.941. The summed E-state index contributed by atoms with van der Waals surface area (Å²) in [7, 11) is 0. The Hall–Kier alpha value is -3.27.